The molecule has 0 heterocycles. The molecule has 1 aliphatic carbocycles. The number of aliphatic hydroxyl groups is 1. The van der Waals surface area contributed by atoms with Gasteiger partial charge in [-0.05, 0) is 25.0 Å². The lowest BCUT2D eigenvalue weighted by Gasteiger charge is -2.23. The van der Waals surface area contributed by atoms with Gasteiger partial charge in [0.05, 0.1) is 5.60 Å². The monoisotopic (exact) mass is 200 g/mol. The van der Waals surface area contributed by atoms with Gasteiger partial charge in [-0.25, -0.2) is 0 Å². The van der Waals surface area contributed by atoms with Crippen molar-refractivity contribution in [3.05, 3.63) is 59.7 Å². The van der Waals surface area contributed by atoms with Crippen molar-refractivity contribution >= 4 is 0 Å². The maximum atomic E-state index is 10.1. The van der Waals surface area contributed by atoms with Gasteiger partial charge in [0.15, 0.2) is 0 Å². The first kappa shape index (κ1) is 10.2. The van der Waals surface area contributed by atoms with E-state index in [0.717, 1.165) is 5.56 Å². The largest absolute Gasteiger partial charge is 0.386 e. The summed E-state index contributed by atoms with van der Waals surface area (Å²) in [7, 11) is 0. The van der Waals surface area contributed by atoms with Crippen LogP contribution >= 0.6 is 0 Å². The average molecular weight is 200 g/mol. The molecule has 0 aliphatic heterocycles. The van der Waals surface area contributed by atoms with Crippen LogP contribution in [-0.4, -0.2) is 5.11 Å². The average Bonchev–Trinajstić information content (AvgIpc) is 2.69. The van der Waals surface area contributed by atoms with Gasteiger partial charge >= 0.3 is 0 Å². The molecule has 78 valence electrons. The summed E-state index contributed by atoms with van der Waals surface area (Å²) in [5.74, 6) is 0.313. The van der Waals surface area contributed by atoms with Crippen LogP contribution in [0.3, 0.4) is 0 Å². The van der Waals surface area contributed by atoms with Gasteiger partial charge < -0.3 is 5.11 Å². The third-order valence-corrected chi connectivity index (χ3v) is 2.73. The second-order valence-electron chi connectivity index (χ2n) is 4.44. The normalized spacial score (nSPS) is 16.2. The van der Waals surface area contributed by atoms with Gasteiger partial charge in [-0.2, -0.15) is 0 Å². The fraction of sp³-hybridized carbons (Fsp3) is 0.286. The van der Waals surface area contributed by atoms with E-state index in [1.165, 1.54) is 5.56 Å². The SMILES string of the molecule is CC(C)(O)c1ccccc1C1C=CC=C1. The molecule has 0 atom stereocenters. The second kappa shape index (κ2) is 3.67. The number of allylic oxidation sites excluding steroid dienone is 4. The van der Waals surface area contributed by atoms with Crippen LogP contribution in [0.2, 0.25) is 0 Å². The van der Waals surface area contributed by atoms with E-state index in [9.17, 15) is 5.11 Å². The molecule has 0 aromatic heterocycles. The molecular formula is C14H16O. The van der Waals surface area contributed by atoms with E-state index in [1.807, 2.05) is 44.2 Å². The van der Waals surface area contributed by atoms with Gasteiger partial charge in [0.25, 0.3) is 0 Å². The maximum absolute atomic E-state index is 10.1. The molecule has 0 saturated heterocycles. The van der Waals surface area contributed by atoms with Crippen molar-refractivity contribution in [1.29, 1.82) is 0 Å². The fourth-order valence-corrected chi connectivity index (χ4v) is 1.98. The zero-order chi connectivity index (χ0) is 10.9. The molecular weight excluding hydrogens is 184 g/mol. The highest BCUT2D eigenvalue weighted by molar-refractivity contribution is 5.42. The van der Waals surface area contributed by atoms with E-state index >= 15 is 0 Å². The Morgan fingerprint density at radius 1 is 1.07 bits per heavy atom. The Balaban J connectivity index is 2.47. The van der Waals surface area contributed by atoms with Crippen molar-refractivity contribution in [2.24, 2.45) is 0 Å². The van der Waals surface area contributed by atoms with Crippen molar-refractivity contribution in [2.45, 2.75) is 25.4 Å². The number of benzene rings is 1. The van der Waals surface area contributed by atoms with Gasteiger partial charge in [-0.15, -0.1) is 0 Å². The minimum Gasteiger partial charge on any atom is -0.386 e. The molecule has 15 heavy (non-hydrogen) atoms. The Labute approximate surface area is 90.8 Å². The van der Waals surface area contributed by atoms with Crippen LogP contribution < -0.4 is 0 Å². The molecule has 0 spiro atoms. The third kappa shape index (κ3) is 2.02. The maximum Gasteiger partial charge on any atom is 0.0843 e. The molecule has 1 heteroatoms. The standard InChI is InChI=1S/C14H16O/c1-14(2,15)13-10-6-5-9-12(13)11-7-3-4-8-11/h3-11,15H,1-2H3. The van der Waals surface area contributed by atoms with E-state index < -0.39 is 5.60 Å². The molecule has 1 N–H and O–H groups in total. The molecule has 0 amide bonds. The summed E-state index contributed by atoms with van der Waals surface area (Å²) in [5.41, 5.74) is 1.42. The summed E-state index contributed by atoms with van der Waals surface area (Å²) in [6.45, 7) is 3.66. The summed E-state index contributed by atoms with van der Waals surface area (Å²) < 4.78 is 0. The molecule has 0 bridgehead atoms. The van der Waals surface area contributed by atoms with Crippen LogP contribution in [0.25, 0.3) is 0 Å². The van der Waals surface area contributed by atoms with E-state index in [0.29, 0.717) is 5.92 Å². The lowest BCUT2D eigenvalue weighted by molar-refractivity contribution is 0.0776. The third-order valence-electron chi connectivity index (χ3n) is 2.73. The lowest BCUT2D eigenvalue weighted by atomic mass is 9.87. The highest BCUT2D eigenvalue weighted by Crippen LogP contribution is 2.31. The van der Waals surface area contributed by atoms with Gasteiger partial charge in [0.2, 0.25) is 0 Å². The van der Waals surface area contributed by atoms with E-state index in [1.54, 1.807) is 0 Å². The summed E-state index contributed by atoms with van der Waals surface area (Å²) >= 11 is 0. The molecule has 1 aromatic carbocycles. The number of rotatable bonds is 2. The highest BCUT2D eigenvalue weighted by Gasteiger charge is 2.22. The molecule has 1 nitrogen and oxygen atoms in total. The Morgan fingerprint density at radius 2 is 1.67 bits per heavy atom. The quantitative estimate of drug-likeness (QED) is 0.777. The van der Waals surface area contributed by atoms with Crippen molar-refractivity contribution in [3.63, 3.8) is 0 Å². The Morgan fingerprint density at radius 3 is 2.27 bits per heavy atom. The van der Waals surface area contributed by atoms with Crippen molar-refractivity contribution in [3.8, 4) is 0 Å². The van der Waals surface area contributed by atoms with Crippen molar-refractivity contribution in [1.82, 2.24) is 0 Å². The van der Waals surface area contributed by atoms with Gasteiger partial charge in [0, 0.05) is 5.92 Å². The van der Waals surface area contributed by atoms with Crippen LogP contribution in [0.4, 0.5) is 0 Å². The lowest BCUT2D eigenvalue weighted by Crippen LogP contribution is -2.18. The number of hydrogen-bond acceptors (Lipinski definition) is 1. The van der Waals surface area contributed by atoms with Gasteiger partial charge in [-0.3, -0.25) is 0 Å². The molecule has 1 aliphatic rings. The Bertz CT molecular complexity index is 396. The molecule has 2 rings (SSSR count). The number of hydrogen-bond donors (Lipinski definition) is 1. The van der Waals surface area contributed by atoms with Gasteiger partial charge in [0.1, 0.15) is 0 Å². The van der Waals surface area contributed by atoms with Crippen molar-refractivity contribution < 1.29 is 5.11 Å². The molecule has 1 aromatic rings. The van der Waals surface area contributed by atoms with Gasteiger partial charge in [-0.1, -0.05) is 48.6 Å². The van der Waals surface area contributed by atoms with Crippen LogP contribution in [0, 0.1) is 0 Å². The zero-order valence-electron chi connectivity index (χ0n) is 9.14. The Hall–Kier alpha value is -1.34. The van der Waals surface area contributed by atoms with E-state index in [2.05, 4.69) is 18.2 Å². The first-order valence-electron chi connectivity index (χ1n) is 5.26. The summed E-state index contributed by atoms with van der Waals surface area (Å²) in [4.78, 5) is 0. The fourth-order valence-electron chi connectivity index (χ4n) is 1.98. The highest BCUT2D eigenvalue weighted by atomic mass is 16.3. The summed E-state index contributed by atoms with van der Waals surface area (Å²) in [6.07, 6.45) is 8.38. The van der Waals surface area contributed by atoms with Crippen molar-refractivity contribution in [2.75, 3.05) is 0 Å². The smallest absolute Gasteiger partial charge is 0.0843 e. The molecule has 0 saturated carbocycles. The zero-order valence-corrected chi connectivity index (χ0v) is 9.14. The predicted molar refractivity (Wildman–Crippen MR) is 62.7 cm³/mol. The first-order valence-corrected chi connectivity index (χ1v) is 5.26. The predicted octanol–water partition coefficient (Wildman–Crippen LogP) is 3.12. The topological polar surface area (TPSA) is 20.2 Å². The molecule has 0 radical (unpaired) electrons. The van der Waals surface area contributed by atoms with Crippen LogP contribution in [-0.2, 0) is 5.60 Å². The van der Waals surface area contributed by atoms with Crippen LogP contribution in [0.15, 0.2) is 48.6 Å². The summed E-state index contributed by atoms with van der Waals surface area (Å²) in [5, 5.41) is 10.1. The summed E-state index contributed by atoms with van der Waals surface area (Å²) in [6, 6.07) is 8.07. The minimum atomic E-state index is -0.777. The minimum absolute atomic E-state index is 0.313. The van der Waals surface area contributed by atoms with Crippen LogP contribution in [0.5, 0.6) is 0 Å². The Kier molecular flexibility index (Phi) is 2.49. The van der Waals surface area contributed by atoms with E-state index in [-0.39, 0.29) is 0 Å². The first-order chi connectivity index (χ1) is 7.09. The second-order valence-corrected chi connectivity index (χ2v) is 4.44. The van der Waals surface area contributed by atoms with Crippen LogP contribution in [0.1, 0.15) is 30.9 Å². The van der Waals surface area contributed by atoms with E-state index in [4.69, 9.17) is 0 Å². The molecule has 0 unspecified atom stereocenters. The molecule has 0 fully saturated rings.